The number of phenols is 1. The summed E-state index contributed by atoms with van der Waals surface area (Å²) in [5, 5.41) is 9.06. The fourth-order valence-electron chi connectivity index (χ4n) is 2.39. The highest BCUT2D eigenvalue weighted by molar-refractivity contribution is 14.1. The zero-order chi connectivity index (χ0) is 19.1. The molecule has 3 nitrogen and oxygen atoms in total. The maximum absolute atomic E-state index is 10.2. The third-order valence-electron chi connectivity index (χ3n) is 3.71. The van der Waals surface area contributed by atoms with E-state index in [1.807, 2.05) is 53.9 Å². The summed E-state index contributed by atoms with van der Waals surface area (Å²) in [6.07, 6.45) is 7.91. The van der Waals surface area contributed by atoms with E-state index in [9.17, 15) is 4.79 Å². The van der Waals surface area contributed by atoms with Gasteiger partial charge in [-0.25, -0.2) is 0 Å². The van der Waals surface area contributed by atoms with Crippen molar-refractivity contribution in [2.45, 2.75) is 13.8 Å². The van der Waals surface area contributed by atoms with Crippen molar-refractivity contribution in [3.63, 3.8) is 0 Å². The van der Waals surface area contributed by atoms with E-state index in [1.54, 1.807) is 12.1 Å². The summed E-state index contributed by atoms with van der Waals surface area (Å²) >= 11 is 1.99. The molecule has 0 saturated heterocycles. The number of aryl methyl sites for hydroxylation is 2. The van der Waals surface area contributed by atoms with E-state index in [-0.39, 0.29) is 5.75 Å². The van der Waals surface area contributed by atoms with Crippen LogP contribution in [0, 0.1) is 29.8 Å². The Labute approximate surface area is 167 Å². The van der Waals surface area contributed by atoms with Crippen LogP contribution in [0.4, 0.5) is 0 Å². The van der Waals surface area contributed by atoms with Gasteiger partial charge in [0.2, 0.25) is 0 Å². The first kappa shape index (κ1) is 19.7. The minimum atomic E-state index is 0.158. The van der Waals surface area contributed by atoms with Crippen molar-refractivity contribution >= 4 is 28.9 Å². The van der Waals surface area contributed by atoms with Crippen molar-refractivity contribution in [3.8, 4) is 29.2 Å². The maximum atomic E-state index is 10.2. The van der Waals surface area contributed by atoms with Gasteiger partial charge in [-0.1, -0.05) is 18.1 Å². The highest BCUT2D eigenvalue weighted by Gasteiger charge is 2.02. The Balaban J connectivity index is 0.000000209. The third-order valence-corrected chi connectivity index (χ3v) is 4.62. The fraction of sp³-hybridized carbons (Fsp3) is 0.0909. The van der Waals surface area contributed by atoms with Gasteiger partial charge in [-0.3, -0.25) is 9.78 Å². The number of hydrogen-bond donors (Lipinski definition) is 1. The Morgan fingerprint density at radius 1 is 1.12 bits per heavy atom. The molecule has 130 valence electrons. The normalized spacial score (nSPS) is 9.62. The molecule has 0 unspecified atom stereocenters. The second-order valence-electron chi connectivity index (χ2n) is 5.69. The lowest BCUT2D eigenvalue weighted by Gasteiger charge is -2.07. The van der Waals surface area contributed by atoms with Gasteiger partial charge in [-0.15, -0.1) is 6.42 Å². The summed E-state index contributed by atoms with van der Waals surface area (Å²) in [5.41, 5.74) is 6.04. The van der Waals surface area contributed by atoms with Gasteiger partial charge in [-0.05, 0) is 89.5 Å². The highest BCUT2D eigenvalue weighted by Crippen LogP contribution is 2.24. The van der Waals surface area contributed by atoms with Gasteiger partial charge in [-0.2, -0.15) is 0 Å². The Morgan fingerprint density at radius 3 is 2.46 bits per heavy atom. The number of halogens is 1. The molecule has 1 aromatic heterocycles. The summed E-state index contributed by atoms with van der Waals surface area (Å²) in [6, 6.07) is 15.0. The first-order chi connectivity index (χ1) is 12.4. The predicted octanol–water partition coefficient (Wildman–Crippen LogP) is 5.16. The Morgan fingerprint density at radius 2 is 1.88 bits per heavy atom. The lowest BCUT2D eigenvalue weighted by atomic mass is 9.99. The lowest BCUT2D eigenvalue weighted by Crippen LogP contribution is -1.87. The molecule has 26 heavy (non-hydrogen) atoms. The Bertz CT molecular complexity index is 974. The summed E-state index contributed by atoms with van der Waals surface area (Å²) in [5.74, 6) is 2.80. The molecular weight excluding hydrogens is 437 g/mol. The molecule has 0 amide bonds. The number of benzene rings is 2. The minimum Gasteiger partial charge on any atom is -0.507 e. The molecule has 3 rings (SSSR count). The predicted molar refractivity (Wildman–Crippen MR) is 113 cm³/mol. The van der Waals surface area contributed by atoms with Crippen LogP contribution < -0.4 is 0 Å². The van der Waals surface area contributed by atoms with Crippen LogP contribution in [-0.4, -0.2) is 16.4 Å². The third kappa shape index (κ3) is 5.17. The number of carbonyl (C=O) groups is 1. The zero-order valence-electron chi connectivity index (χ0n) is 14.5. The average Bonchev–Trinajstić information content (AvgIpc) is 2.64. The number of rotatable bonds is 2. The van der Waals surface area contributed by atoms with E-state index < -0.39 is 0 Å². The molecule has 0 aliphatic carbocycles. The summed E-state index contributed by atoms with van der Waals surface area (Å²) in [7, 11) is 0. The van der Waals surface area contributed by atoms with Crippen molar-refractivity contribution in [1.29, 1.82) is 0 Å². The average molecular weight is 455 g/mol. The number of terminal acetylenes is 1. The van der Waals surface area contributed by atoms with E-state index in [0.717, 1.165) is 14.8 Å². The smallest absolute Gasteiger partial charge is 0.150 e. The molecule has 0 radical (unpaired) electrons. The van der Waals surface area contributed by atoms with Gasteiger partial charge in [0.1, 0.15) is 12.0 Å². The van der Waals surface area contributed by atoms with Crippen molar-refractivity contribution in [2.75, 3.05) is 0 Å². The van der Waals surface area contributed by atoms with Crippen LogP contribution in [0.1, 0.15) is 27.2 Å². The molecule has 1 N–H and O–H groups in total. The molecule has 0 fully saturated rings. The molecule has 0 aliphatic heterocycles. The molecular formula is C22H18INO2. The van der Waals surface area contributed by atoms with Gasteiger partial charge >= 0.3 is 0 Å². The summed E-state index contributed by atoms with van der Waals surface area (Å²) < 4.78 is 0.753. The number of phenolic OH excluding ortho intramolecular Hbond substituents is 1. The molecule has 0 atom stereocenters. The number of aromatic nitrogens is 1. The summed E-state index contributed by atoms with van der Waals surface area (Å²) in [4.78, 5) is 14.4. The Kier molecular flexibility index (Phi) is 6.93. The zero-order valence-corrected chi connectivity index (χ0v) is 16.7. The molecule has 0 bridgehead atoms. The molecule has 3 aromatic rings. The second-order valence-corrected chi connectivity index (χ2v) is 6.85. The molecule has 1 heterocycles. The van der Waals surface area contributed by atoms with Crippen molar-refractivity contribution < 1.29 is 9.90 Å². The van der Waals surface area contributed by atoms with Crippen LogP contribution in [-0.2, 0) is 0 Å². The van der Waals surface area contributed by atoms with Gasteiger partial charge in [0, 0.05) is 23.0 Å². The van der Waals surface area contributed by atoms with Crippen LogP contribution in [0.15, 0.2) is 54.7 Å². The van der Waals surface area contributed by atoms with E-state index in [2.05, 4.69) is 30.0 Å². The molecule has 0 saturated carbocycles. The standard InChI is InChI=1S/C15H13N.C7H5IO2/c1-4-13-5-6-15(11(2)9-13)14-7-8-16-12(3)10-14;8-6-2-1-5(4-9)3-7(6)10/h1,5-10H,2-3H3;1-4,10H. The first-order valence-electron chi connectivity index (χ1n) is 7.88. The van der Waals surface area contributed by atoms with Crippen LogP contribution in [0.5, 0.6) is 5.75 Å². The second kappa shape index (κ2) is 9.16. The van der Waals surface area contributed by atoms with Gasteiger partial charge in [0.05, 0.1) is 3.57 Å². The van der Waals surface area contributed by atoms with Gasteiger partial charge in [0.25, 0.3) is 0 Å². The van der Waals surface area contributed by atoms with E-state index in [0.29, 0.717) is 11.8 Å². The van der Waals surface area contributed by atoms with Gasteiger partial charge < -0.3 is 5.11 Å². The van der Waals surface area contributed by atoms with Crippen LogP contribution >= 0.6 is 22.6 Å². The van der Waals surface area contributed by atoms with Gasteiger partial charge in [0.15, 0.2) is 0 Å². The highest BCUT2D eigenvalue weighted by atomic mass is 127. The number of aldehydes is 1. The van der Waals surface area contributed by atoms with Crippen molar-refractivity contribution in [1.82, 2.24) is 4.98 Å². The Hall–Kier alpha value is -2.65. The minimum absolute atomic E-state index is 0.158. The molecule has 0 aliphatic rings. The lowest BCUT2D eigenvalue weighted by molar-refractivity contribution is 0.112. The number of hydrogen-bond acceptors (Lipinski definition) is 3. The number of nitrogens with zero attached hydrogens (tertiary/aromatic N) is 1. The van der Waals surface area contributed by atoms with Crippen LogP contribution in [0.3, 0.4) is 0 Å². The fourth-order valence-corrected chi connectivity index (χ4v) is 2.73. The summed E-state index contributed by atoms with van der Waals surface area (Å²) in [6.45, 7) is 4.07. The van der Waals surface area contributed by atoms with Crippen LogP contribution in [0.2, 0.25) is 0 Å². The topological polar surface area (TPSA) is 50.2 Å². The number of pyridine rings is 1. The molecule has 4 heteroatoms. The quantitative estimate of drug-likeness (QED) is 0.330. The SMILES string of the molecule is C#Cc1ccc(-c2ccnc(C)c2)c(C)c1.O=Cc1ccc(I)c(O)c1. The molecule has 2 aromatic carbocycles. The van der Waals surface area contributed by atoms with E-state index in [1.165, 1.54) is 22.8 Å². The monoisotopic (exact) mass is 455 g/mol. The first-order valence-corrected chi connectivity index (χ1v) is 8.96. The maximum Gasteiger partial charge on any atom is 0.150 e. The van der Waals surface area contributed by atoms with Crippen molar-refractivity contribution in [3.05, 3.63) is 80.7 Å². The molecule has 0 spiro atoms. The van der Waals surface area contributed by atoms with Crippen LogP contribution in [0.25, 0.3) is 11.1 Å². The van der Waals surface area contributed by atoms with E-state index in [4.69, 9.17) is 11.5 Å². The van der Waals surface area contributed by atoms with Crippen molar-refractivity contribution in [2.24, 2.45) is 0 Å². The number of aromatic hydroxyl groups is 1. The number of carbonyl (C=O) groups excluding carboxylic acids is 1. The largest absolute Gasteiger partial charge is 0.507 e. The van der Waals surface area contributed by atoms with E-state index >= 15 is 0 Å².